The molecule has 0 fully saturated rings. The van der Waals surface area contributed by atoms with Crippen LogP contribution in [0.15, 0.2) is 156 Å². The summed E-state index contributed by atoms with van der Waals surface area (Å²) in [4.78, 5) is 2.36. The zero-order chi connectivity index (χ0) is 31.0. The van der Waals surface area contributed by atoms with Crippen molar-refractivity contribution in [1.29, 1.82) is 0 Å². The van der Waals surface area contributed by atoms with Crippen molar-refractivity contribution in [3.8, 4) is 22.3 Å². The van der Waals surface area contributed by atoms with E-state index in [0.29, 0.717) is 0 Å². The Bertz CT molecular complexity index is 2330. The average molecular weight is 594 g/mol. The molecule has 222 valence electrons. The Labute approximate surface area is 270 Å². The van der Waals surface area contributed by atoms with Crippen molar-refractivity contribution in [2.45, 2.75) is 26.7 Å². The highest BCUT2D eigenvalue weighted by atomic mass is 16.3. The van der Waals surface area contributed by atoms with E-state index < -0.39 is 0 Å². The summed E-state index contributed by atoms with van der Waals surface area (Å²) in [6, 6.07) is 54.6. The minimum absolute atomic E-state index is 0.931. The van der Waals surface area contributed by atoms with E-state index in [1.165, 1.54) is 54.9 Å². The Morgan fingerprint density at radius 3 is 1.96 bits per heavy atom. The van der Waals surface area contributed by atoms with Gasteiger partial charge in [-0.25, -0.2) is 0 Å². The van der Waals surface area contributed by atoms with Crippen molar-refractivity contribution >= 4 is 49.8 Å². The van der Waals surface area contributed by atoms with Crippen LogP contribution in [-0.4, -0.2) is 0 Å². The maximum Gasteiger partial charge on any atom is 0.135 e. The molecule has 0 saturated heterocycles. The van der Waals surface area contributed by atoms with Crippen molar-refractivity contribution in [3.63, 3.8) is 0 Å². The van der Waals surface area contributed by atoms with Crippen molar-refractivity contribution in [2.75, 3.05) is 4.90 Å². The minimum Gasteiger partial charge on any atom is -0.456 e. The molecule has 0 unspecified atom stereocenters. The number of rotatable bonds is 7. The fraction of sp³-hybridized carbons (Fsp3) is 0.0909. The Balaban J connectivity index is 1.22. The molecule has 1 aromatic heterocycles. The number of anilines is 3. The van der Waals surface area contributed by atoms with Crippen molar-refractivity contribution in [1.82, 2.24) is 0 Å². The second kappa shape index (κ2) is 11.7. The van der Waals surface area contributed by atoms with E-state index in [9.17, 15) is 0 Å². The molecule has 0 aliphatic heterocycles. The Hall–Kier alpha value is -5.60. The van der Waals surface area contributed by atoms with Crippen LogP contribution in [0.5, 0.6) is 0 Å². The first kappa shape index (κ1) is 27.9. The van der Waals surface area contributed by atoms with Crippen LogP contribution in [0.2, 0.25) is 0 Å². The van der Waals surface area contributed by atoms with Crippen LogP contribution in [0, 0.1) is 0 Å². The van der Waals surface area contributed by atoms with E-state index in [-0.39, 0.29) is 0 Å². The molecule has 2 heteroatoms. The van der Waals surface area contributed by atoms with Gasteiger partial charge in [0.25, 0.3) is 0 Å². The number of benzene rings is 7. The van der Waals surface area contributed by atoms with Gasteiger partial charge >= 0.3 is 0 Å². The lowest BCUT2D eigenvalue weighted by Gasteiger charge is -2.27. The lowest BCUT2D eigenvalue weighted by molar-refractivity contribution is 0.668. The molecule has 1 heterocycles. The fourth-order valence-electron chi connectivity index (χ4n) is 6.98. The van der Waals surface area contributed by atoms with Crippen LogP contribution in [0.1, 0.15) is 25.0 Å². The van der Waals surface area contributed by atoms with Gasteiger partial charge in [-0.1, -0.05) is 111 Å². The summed E-state index contributed by atoms with van der Waals surface area (Å²) < 4.78 is 6.24. The van der Waals surface area contributed by atoms with Gasteiger partial charge in [0.2, 0.25) is 0 Å². The van der Waals surface area contributed by atoms with Gasteiger partial charge in [-0.3, -0.25) is 0 Å². The molecule has 0 N–H and O–H groups in total. The number of hydrogen-bond acceptors (Lipinski definition) is 2. The normalized spacial score (nSPS) is 11.4. The first-order valence-corrected chi connectivity index (χ1v) is 16.2. The highest BCUT2D eigenvalue weighted by Gasteiger charge is 2.19. The molecule has 8 rings (SSSR count). The minimum atomic E-state index is 0.931. The first-order chi connectivity index (χ1) is 22.7. The standard InChI is InChI=1S/C44H35NO/c1-3-30-29-37(24-25-39(30)40-26-27-43-44(38(40)4-2)41-16-10-11-17-42(41)46-43)45(35-14-6-5-7-15-35)36-22-20-32(21-23-36)34-19-18-31-12-8-9-13-33(31)28-34/h5-29H,3-4H2,1-2H3. The molecule has 0 radical (unpaired) electrons. The predicted molar refractivity (Wildman–Crippen MR) is 196 cm³/mol. The monoisotopic (exact) mass is 593 g/mol. The quantitative estimate of drug-likeness (QED) is 0.183. The molecule has 0 atom stereocenters. The SMILES string of the molecule is CCc1cc(N(c2ccccc2)c2ccc(-c3ccc4ccccc4c3)cc2)ccc1-c1ccc2oc3ccccc3c2c1CC. The van der Waals surface area contributed by atoms with Crippen LogP contribution >= 0.6 is 0 Å². The van der Waals surface area contributed by atoms with E-state index in [0.717, 1.165) is 41.1 Å². The summed E-state index contributed by atoms with van der Waals surface area (Å²) in [6.45, 7) is 4.50. The molecule has 0 bridgehead atoms. The molecule has 7 aromatic carbocycles. The molecule has 0 aliphatic carbocycles. The Morgan fingerprint density at radius 2 is 1.15 bits per heavy atom. The number of nitrogens with zero attached hydrogens (tertiary/aromatic N) is 1. The van der Waals surface area contributed by atoms with Gasteiger partial charge in [-0.05, 0) is 112 Å². The third-order valence-corrected chi connectivity index (χ3v) is 9.25. The number of furan rings is 1. The molecule has 0 aliphatic rings. The molecule has 0 saturated carbocycles. The molecular formula is C44H35NO. The van der Waals surface area contributed by atoms with Crippen molar-refractivity contribution in [2.24, 2.45) is 0 Å². The van der Waals surface area contributed by atoms with E-state index in [1.54, 1.807) is 0 Å². The van der Waals surface area contributed by atoms with Gasteiger partial charge in [0.1, 0.15) is 11.2 Å². The highest BCUT2D eigenvalue weighted by Crippen LogP contribution is 2.41. The lowest BCUT2D eigenvalue weighted by atomic mass is 9.90. The zero-order valence-corrected chi connectivity index (χ0v) is 26.2. The topological polar surface area (TPSA) is 16.4 Å². The fourth-order valence-corrected chi connectivity index (χ4v) is 6.98. The summed E-state index contributed by atoms with van der Waals surface area (Å²) >= 11 is 0. The second-order valence-electron chi connectivity index (χ2n) is 11.9. The van der Waals surface area contributed by atoms with Crippen LogP contribution in [0.25, 0.3) is 55.0 Å². The number of para-hydroxylation sites is 2. The van der Waals surface area contributed by atoms with Crippen LogP contribution in [0.3, 0.4) is 0 Å². The Kier molecular flexibility index (Phi) is 7.11. The zero-order valence-electron chi connectivity index (χ0n) is 26.2. The summed E-state index contributed by atoms with van der Waals surface area (Å²) in [6.07, 6.45) is 1.86. The molecule has 0 spiro atoms. The second-order valence-corrected chi connectivity index (χ2v) is 11.9. The van der Waals surface area contributed by atoms with E-state index >= 15 is 0 Å². The summed E-state index contributed by atoms with van der Waals surface area (Å²) in [5, 5.41) is 4.94. The van der Waals surface area contributed by atoms with E-state index in [2.05, 4.69) is 164 Å². The van der Waals surface area contributed by atoms with Gasteiger partial charge in [0.05, 0.1) is 0 Å². The summed E-state index contributed by atoms with van der Waals surface area (Å²) in [5.41, 5.74) is 13.0. The third-order valence-electron chi connectivity index (χ3n) is 9.25. The highest BCUT2D eigenvalue weighted by molar-refractivity contribution is 6.09. The van der Waals surface area contributed by atoms with Crippen molar-refractivity contribution < 1.29 is 4.42 Å². The Morgan fingerprint density at radius 1 is 0.478 bits per heavy atom. The van der Waals surface area contributed by atoms with Crippen molar-refractivity contribution in [3.05, 3.63) is 163 Å². The molecule has 2 nitrogen and oxygen atoms in total. The largest absolute Gasteiger partial charge is 0.456 e. The van der Waals surface area contributed by atoms with Gasteiger partial charge in [-0.2, -0.15) is 0 Å². The molecule has 8 aromatic rings. The molecule has 46 heavy (non-hydrogen) atoms. The number of hydrogen-bond donors (Lipinski definition) is 0. The van der Waals surface area contributed by atoms with Crippen LogP contribution < -0.4 is 4.90 Å². The number of fused-ring (bicyclic) bond motifs is 4. The third kappa shape index (κ3) is 4.83. The maximum atomic E-state index is 6.24. The molecule has 0 amide bonds. The maximum absolute atomic E-state index is 6.24. The molecular weight excluding hydrogens is 558 g/mol. The van der Waals surface area contributed by atoms with Crippen LogP contribution in [-0.2, 0) is 12.8 Å². The average Bonchev–Trinajstić information content (AvgIpc) is 3.51. The smallest absolute Gasteiger partial charge is 0.135 e. The van der Waals surface area contributed by atoms with Gasteiger partial charge in [-0.15, -0.1) is 0 Å². The number of aryl methyl sites for hydroxylation is 2. The summed E-state index contributed by atoms with van der Waals surface area (Å²) in [5.74, 6) is 0. The van der Waals surface area contributed by atoms with E-state index in [1.807, 2.05) is 6.07 Å². The first-order valence-electron chi connectivity index (χ1n) is 16.2. The van der Waals surface area contributed by atoms with Gasteiger partial charge in [0, 0.05) is 27.8 Å². The van der Waals surface area contributed by atoms with Crippen LogP contribution in [0.4, 0.5) is 17.1 Å². The van der Waals surface area contributed by atoms with Gasteiger partial charge < -0.3 is 9.32 Å². The van der Waals surface area contributed by atoms with Gasteiger partial charge in [0.15, 0.2) is 0 Å². The lowest BCUT2D eigenvalue weighted by Crippen LogP contribution is -2.10. The van der Waals surface area contributed by atoms with E-state index in [4.69, 9.17) is 4.42 Å². The predicted octanol–water partition coefficient (Wildman–Crippen LogP) is 12.7. The summed E-state index contributed by atoms with van der Waals surface area (Å²) in [7, 11) is 0.